The summed E-state index contributed by atoms with van der Waals surface area (Å²) in [5.41, 5.74) is 6.91. The Labute approximate surface area is 101 Å². The molecule has 0 aliphatic heterocycles. The van der Waals surface area contributed by atoms with E-state index in [-0.39, 0.29) is 11.3 Å². The highest BCUT2D eigenvalue weighted by atomic mass is 32.1. The van der Waals surface area contributed by atoms with Crippen LogP contribution in [0.15, 0.2) is 16.8 Å². The molecule has 0 aliphatic rings. The maximum absolute atomic E-state index is 11.7. The number of thiophene rings is 1. The number of rotatable bonds is 4. The van der Waals surface area contributed by atoms with E-state index in [0.29, 0.717) is 6.54 Å². The molecule has 3 N–H and O–H groups in total. The molecule has 0 radical (unpaired) electrons. The maximum atomic E-state index is 11.7. The standard InChI is InChI=1S/C12H20N2OS/c1-12(2,3)10(13)11(15)14-6-4-9-5-7-16-8-9/h5,7-8,10H,4,6,13H2,1-3H3,(H,14,15)/t10-/m0/s1. The SMILES string of the molecule is CC(C)(C)[C@@H](N)C(=O)NCCc1ccsc1. The third kappa shape index (κ3) is 3.94. The van der Waals surface area contributed by atoms with Gasteiger partial charge in [0, 0.05) is 6.54 Å². The molecule has 0 spiro atoms. The van der Waals surface area contributed by atoms with Crippen molar-refractivity contribution >= 4 is 17.2 Å². The molecule has 3 nitrogen and oxygen atoms in total. The van der Waals surface area contributed by atoms with Crippen molar-refractivity contribution in [1.29, 1.82) is 0 Å². The van der Waals surface area contributed by atoms with Crippen molar-refractivity contribution in [1.82, 2.24) is 5.32 Å². The van der Waals surface area contributed by atoms with Crippen molar-refractivity contribution in [3.63, 3.8) is 0 Å². The summed E-state index contributed by atoms with van der Waals surface area (Å²) in [6.07, 6.45) is 0.867. The zero-order chi connectivity index (χ0) is 12.2. The van der Waals surface area contributed by atoms with Crippen LogP contribution in [0.2, 0.25) is 0 Å². The van der Waals surface area contributed by atoms with Gasteiger partial charge in [0.15, 0.2) is 0 Å². The van der Waals surface area contributed by atoms with E-state index in [1.807, 2.05) is 26.2 Å². The summed E-state index contributed by atoms with van der Waals surface area (Å²) in [5.74, 6) is -0.0669. The maximum Gasteiger partial charge on any atom is 0.237 e. The van der Waals surface area contributed by atoms with Crippen LogP contribution < -0.4 is 11.1 Å². The molecule has 0 unspecified atom stereocenters. The van der Waals surface area contributed by atoms with E-state index in [1.165, 1.54) is 5.56 Å². The summed E-state index contributed by atoms with van der Waals surface area (Å²) < 4.78 is 0. The Hall–Kier alpha value is -0.870. The molecule has 1 rings (SSSR count). The van der Waals surface area contributed by atoms with E-state index >= 15 is 0 Å². The number of hydrogen-bond donors (Lipinski definition) is 2. The fraction of sp³-hybridized carbons (Fsp3) is 0.583. The summed E-state index contributed by atoms with van der Waals surface area (Å²) in [6, 6.07) is 1.62. The van der Waals surface area contributed by atoms with Crippen LogP contribution in [0.4, 0.5) is 0 Å². The molecule has 0 aliphatic carbocycles. The van der Waals surface area contributed by atoms with Gasteiger partial charge in [0.2, 0.25) is 5.91 Å². The molecule has 90 valence electrons. The fourth-order valence-corrected chi connectivity index (χ4v) is 1.97. The number of amides is 1. The van der Waals surface area contributed by atoms with E-state index in [9.17, 15) is 4.79 Å². The Morgan fingerprint density at radius 1 is 1.56 bits per heavy atom. The van der Waals surface area contributed by atoms with Crippen molar-refractivity contribution in [3.05, 3.63) is 22.4 Å². The first-order valence-electron chi connectivity index (χ1n) is 5.45. The molecule has 1 amide bonds. The highest BCUT2D eigenvalue weighted by Crippen LogP contribution is 2.17. The molecule has 1 aromatic heterocycles. The third-order valence-electron chi connectivity index (χ3n) is 2.51. The summed E-state index contributed by atoms with van der Waals surface area (Å²) in [6.45, 7) is 6.56. The summed E-state index contributed by atoms with van der Waals surface area (Å²) in [5, 5.41) is 7.00. The van der Waals surface area contributed by atoms with Crippen molar-refractivity contribution in [3.8, 4) is 0 Å². The first-order chi connectivity index (χ1) is 7.41. The second-order valence-electron chi connectivity index (χ2n) is 5.02. The van der Waals surface area contributed by atoms with E-state index in [4.69, 9.17) is 5.73 Å². The summed E-state index contributed by atoms with van der Waals surface area (Å²) in [4.78, 5) is 11.7. The number of nitrogens with one attached hydrogen (secondary N) is 1. The molecular formula is C12H20N2OS. The highest BCUT2D eigenvalue weighted by Gasteiger charge is 2.26. The van der Waals surface area contributed by atoms with E-state index < -0.39 is 6.04 Å². The molecule has 0 fully saturated rings. The van der Waals surface area contributed by atoms with Crippen LogP contribution in [0.25, 0.3) is 0 Å². The van der Waals surface area contributed by atoms with Crippen LogP contribution in [-0.4, -0.2) is 18.5 Å². The van der Waals surface area contributed by atoms with Gasteiger partial charge in [-0.1, -0.05) is 20.8 Å². The van der Waals surface area contributed by atoms with Gasteiger partial charge in [-0.15, -0.1) is 0 Å². The van der Waals surface area contributed by atoms with Gasteiger partial charge in [0.25, 0.3) is 0 Å². The van der Waals surface area contributed by atoms with Gasteiger partial charge in [-0.05, 0) is 34.2 Å². The second kappa shape index (κ2) is 5.46. The van der Waals surface area contributed by atoms with Crippen LogP contribution >= 0.6 is 11.3 Å². The Balaban J connectivity index is 2.30. The van der Waals surface area contributed by atoms with Crippen LogP contribution in [0, 0.1) is 5.41 Å². The molecular weight excluding hydrogens is 220 g/mol. The van der Waals surface area contributed by atoms with Crippen molar-refractivity contribution < 1.29 is 4.79 Å². The van der Waals surface area contributed by atoms with E-state index in [2.05, 4.69) is 16.8 Å². The van der Waals surface area contributed by atoms with Crippen LogP contribution in [0.1, 0.15) is 26.3 Å². The average molecular weight is 240 g/mol. The lowest BCUT2D eigenvalue weighted by Gasteiger charge is -2.25. The van der Waals surface area contributed by atoms with Crippen molar-refractivity contribution in [2.45, 2.75) is 33.2 Å². The van der Waals surface area contributed by atoms with Gasteiger partial charge in [-0.25, -0.2) is 0 Å². The lowest BCUT2D eigenvalue weighted by molar-refractivity contribution is -0.124. The fourth-order valence-electron chi connectivity index (χ4n) is 1.27. The minimum atomic E-state index is -0.449. The molecule has 0 aromatic carbocycles. The Kier molecular flexibility index (Phi) is 4.50. The molecule has 1 atom stereocenters. The van der Waals surface area contributed by atoms with Gasteiger partial charge >= 0.3 is 0 Å². The normalized spacial score (nSPS) is 13.5. The minimum Gasteiger partial charge on any atom is -0.354 e. The Morgan fingerprint density at radius 3 is 2.75 bits per heavy atom. The van der Waals surface area contributed by atoms with Gasteiger partial charge in [-0.2, -0.15) is 11.3 Å². The van der Waals surface area contributed by atoms with E-state index in [1.54, 1.807) is 11.3 Å². The zero-order valence-corrected chi connectivity index (χ0v) is 10.9. The van der Waals surface area contributed by atoms with Crippen LogP contribution in [0.3, 0.4) is 0 Å². The molecule has 4 heteroatoms. The molecule has 0 saturated heterocycles. The van der Waals surface area contributed by atoms with Crippen molar-refractivity contribution in [2.24, 2.45) is 11.1 Å². The second-order valence-corrected chi connectivity index (χ2v) is 5.80. The van der Waals surface area contributed by atoms with Gasteiger partial charge in [0.1, 0.15) is 0 Å². The van der Waals surface area contributed by atoms with Gasteiger partial charge < -0.3 is 11.1 Å². The van der Waals surface area contributed by atoms with Crippen LogP contribution in [0.5, 0.6) is 0 Å². The van der Waals surface area contributed by atoms with E-state index in [0.717, 1.165) is 6.42 Å². The molecule has 1 heterocycles. The van der Waals surface area contributed by atoms with Crippen LogP contribution in [-0.2, 0) is 11.2 Å². The largest absolute Gasteiger partial charge is 0.354 e. The quantitative estimate of drug-likeness (QED) is 0.843. The first-order valence-corrected chi connectivity index (χ1v) is 6.40. The smallest absolute Gasteiger partial charge is 0.237 e. The average Bonchev–Trinajstić information content (AvgIpc) is 2.67. The monoisotopic (exact) mass is 240 g/mol. The number of hydrogen-bond acceptors (Lipinski definition) is 3. The Bertz CT molecular complexity index is 327. The van der Waals surface area contributed by atoms with Gasteiger partial charge in [-0.3, -0.25) is 4.79 Å². The lowest BCUT2D eigenvalue weighted by Crippen LogP contribution is -2.48. The van der Waals surface area contributed by atoms with Gasteiger partial charge in [0.05, 0.1) is 6.04 Å². The summed E-state index contributed by atoms with van der Waals surface area (Å²) >= 11 is 1.67. The molecule has 1 aromatic rings. The summed E-state index contributed by atoms with van der Waals surface area (Å²) in [7, 11) is 0. The molecule has 0 bridgehead atoms. The number of nitrogens with two attached hydrogens (primary N) is 1. The lowest BCUT2D eigenvalue weighted by atomic mass is 9.87. The minimum absolute atomic E-state index is 0.0669. The predicted molar refractivity (Wildman–Crippen MR) is 68.5 cm³/mol. The number of carbonyl (C=O) groups excluding carboxylic acids is 1. The predicted octanol–water partition coefficient (Wildman–Crippen LogP) is 1.78. The third-order valence-corrected chi connectivity index (χ3v) is 3.24. The van der Waals surface area contributed by atoms with Crippen molar-refractivity contribution in [2.75, 3.05) is 6.54 Å². The topological polar surface area (TPSA) is 55.1 Å². The Morgan fingerprint density at radius 2 is 2.25 bits per heavy atom. The zero-order valence-electron chi connectivity index (χ0n) is 10.1. The first kappa shape index (κ1) is 13.2. The number of carbonyl (C=O) groups is 1. The molecule has 16 heavy (non-hydrogen) atoms. The molecule has 0 saturated carbocycles. The highest BCUT2D eigenvalue weighted by molar-refractivity contribution is 7.07.